The Labute approximate surface area is 244 Å². The lowest BCUT2D eigenvalue weighted by Gasteiger charge is -2.09. The number of esters is 2. The van der Waals surface area contributed by atoms with Gasteiger partial charge in [-0.25, -0.2) is 0 Å². The zero-order chi connectivity index (χ0) is 28.8. The molecule has 0 aromatic heterocycles. The third-order valence-corrected chi connectivity index (χ3v) is 7.70. The summed E-state index contributed by atoms with van der Waals surface area (Å²) >= 11 is 0. The van der Waals surface area contributed by atoms with E-state index in [1.54, 1.807) is 0 Å². The summed E-state index contributed by atoms with van der Waals surface area (Å²) in [6, 6.07) is 15.1. The zero-order valence-corrected chi connectivity index (χ0v) is 25.6. The maximum Gasteiger partial charge on any atom is 0.311 e. The summed E-state index contributed by atoms with van der Waals surface area (Å²) in [4.78, 5) is 24.2. The van der Waals surface area contributed by atoms with E-state index < -0.39 is 0 Å². The second kappa shape index (κ2) is 21.2. The molecule has 2 aromatic carbocycles. The Morgan fingerprint density at radius 1 is 0.550 bits per heavy atom. The van der Waals surface area contributed by atoms with Gasteiger partial charge in [0.05, 0.1) is 0 Å². The third-order valence-electron chi connectivity index (χ3n) is 7.70. The summed E-state index contributed by atoms with van der Waals surface area (Å²) < 4.78 is 11.0. The molecular formula is C36H54O4. The van der Waals surface area contributed by atoms with E-state index in [1.807, 2.05) is 55.5 Å². The van der Waals surface area contributed by atoms with Crippen molar-refractivity contribution in [2.24, 2.45) is 5.92 Å². The number of carbonyl (C=O) groups excluding carboxylic acids is 2. The number of unbranched alkanes of at least 4 members (excludes halogenated alkanes) is 14. The van der Waals surface area contributed by atoms with Gasteiger partial charge in [0, 0.05) is 12.8 Å². The summed E-state index contributed by atoms with van der Waals surface area (Å²) in [5, 5.41) is 0. The van der Waals surface area contributed by atoms with Gasteiger partial charge in [-0.15, -0.1) is 0 Å². The van der Waals surface area contributed by atoms with E-state index in [2.05, 4.69) is 13.8 Å². The molecule has 222 valence electrons. The van der Waals surface area contributed by atoms with E-state index in [9.17, 15) is 9.59 Å². The monoisotopic (exact) mass is 550 g/mol. The highest BCUT2D eigenvalue weighted by molar-refractivity contribution is 5.74. The number of benzene rings is 2. The first-order valence-corrected chi connectivity index (χ1v) is 16.1. The molecule has 2 aromatic rings. The van der Waals surface area contributed by atoms with E-state index in [-0.39, 0.29) is 11.9 Å². The van der Waals surface area contributed by atoms with Gasteiger partial charge in [0.15, 0.2) is 0 Å². The molecule has 0 spiro atoms. The van der Waals surface area contributed by atoms with Gasteiger partial charge in [0.1, 0.15) is 11.5 Å². The summed E-state index contributed by atoms with van der Waals surface area (Å²) in [7, 11) is 0. The van der Waals surface area contributed by atoms with Crippen LogP contribution in [0.15, 0.2) is 48.5 Å². The lowest BCUT2D eigenvalue weighted by Crippen LogP contribution is -2.11. The number of hydrogen-bond donors (Lipinski definition) is 0. The normalized spacial score (nSPS) is 11.8. The molecule has 0 bridgehead atoms. The Morgan fingerprint density at radius 3 is 1.32 bits per heavy atom. The second-order valence-corrected chi connectivity index (χ2v) is 11.4. The third kappa shape index (κ3) is 15.2. The predicted octanol–water partition coefficient (Wildman–Crippen LogP) is 10.9. The van der Waals surface area contributed by atoms with Crippen LogP contribution in [-0.4, -0.2) is 11.9 Å². The molecule has 0 heterocycles. The van der Waals surface area contributed by atoms with E-state index in [0.29, 0.717) is 30.3 Å². The SMILES string of the molecule is CCCCCCCCCCCCCCCCCC(=O)Oc1ccc(-c2ccc(OC(=O)CC(C)CC)cc2)cc1. The van der Waals surface area contributed by atoms with Crippen LogP contribution in [0.25, 0.3) is 11.1 Å². The van der Waals surface area contributed by atoms with E-state index >= 15 is 0 Å². The molecular weight excluding hydrogens is 496 g/mol. The standard InChI is InChI=1S/C36H54O4/c1-4-6-7-8-9-10-11-12-13-14-15-16-17-18-19-20-35(37)39-33-25-21-31(22-26-33)32-23-27-34(28-24-32)40-36(38)29-30(3)5-2/h21-28,30H,4-20,29H2,1-3H3. The van der Waals surface area contributed by atoms with Crippen LogP contribution in [0.1, 0.15) is 136 Å². The number of rotatable bonds is 22. The molecule has 0 amide bonds. The fourth-order valence-corrected chi connectivity index (χ4v) is 4.86. The van der Waals surface area contributed by atoms with Crippen LogP contribution in [-0.2, 0) is 9.59 Å². The molecule has 4 nitrogen and oxygen atoms in total. The van der Waals surface area contributed by atoms with Crippen molar-refractivity contribution in [2.75, 3.05) is 0 Å². The number of ether oxygens (including phenoxy) is 2. The number of carbonyl (C=O) groups is 2. The average molecular weight is 551 g/mol. The van der Waals surface area contributed by atoms with Crippen LogP contribution in [0, 0.1) is 5.92 Å². The van der Waals surface area contributed by atoms with Crippen molar-refractivity contribution in [1.29, 1.82) is 0 Å². The van der Waals surface area contributed by atoms with Gasteiger partial charge in [-0.1, -0.05) is 141 Å². The summed E-state index contributed by atoms with van der Waals surface area (Å²) in [6.45, 7) is 6.39. The molecule has 0 aliphatic carbocycles. The lowest BCUT2D eigenvalue weighted by molar-refractivity contribution is -0.136. The summed E-state index contributed by atoms with van der Waals surface area (Å²) in [6.07, 6.45) is 21.6. The predicted molar refractivity (Wildman–Crippen MR) is 167 cm³/mol. The van der Waals surface area contributed by atoms with Gasteiger partial charge in [0.2, 0.25) is 0 Å². The van der Waals surface area contributed by atoms with Gasteiger partial charge in [-0.3, -0.25) is 9.59 Å². The van der Waals surface area contributed by atoms with Crippen molar-refractivity contribution in [1.82, 2.24) is 0 Å². The Bertz CT molecular complexity index is 932. The molecule has 1 atom stereocenters. The minimum atomic E-state index is -0.197. The number of hydrogen-bond acceptors (Lipinski definition) is 4. The molecule has 0 radical (unpaired) electrons. The minimum Gasteiger partial charge on any atom is -0.427 e. The smallest absolute Gasteiger partial charge is 0.311 e. The van der Waals surface area contributed by atoms with E-state index in [4.69, 9.17) is 9.47 Å². The highest BCUT2D eigenvalue weighted by atomic mass is 16.5. The first-order chi connectivity index (χ1) is 19.5. The molecule has 0 aliphatic rings. The second-order valence-electron chi connectivity index (χ2n) is 11.4. The topological polar surface area (TPSA) is 52.6 Å². The van der Waals surface area contributed by atoms with Crippen molar-refractivity contribution in [3.8, 4) is 22.6 Å². The minimum absolute atomic E-state index is 0.161. The van der Waals surface area contributed by atoms with Crippen LogP contribution in [0.2, 0.25) is 0 Å². The van der Waals surface area contributed by atoms with Crippen molar-refractivity contribution < 1.29 is 19.1 Å². The van der Waals surface area contributed by atoms with Crippen LogP contribution >= 0.6 is 0 Å². The molecule has 0 saturated heterocycles. The molecule has 0 saturated carbocycles. The first-order valence-electron chi connectivity index (χ1n) is 16.1. The van der Waals surface area contributed by atoms with Crippen LogP contribution in [0.3, 0.4) is 0 Å². The van der Waals surface area contributed by atoms with Gasteiger partial charge in [0.25, 0.3) is 0 Å². The summed E-state index contributed by atoms with van der Waals surface area (Å²) in [5.41, 5.74) is 2.03. The lowest BCUT2D eigenvalue weighted by atomic mass is 10.0. The fourth-order valence-electron chi connectivity index (χ4n) is 4.86. The van der Waals surface area contributed by atoms with Gasteiger partial charge in [-0.2, -0.15) is 0 Å². The van der Waals surface area contributed by atoms with Crippen LogP contribution < -0.4 is 9.47 Å². The molecule has 1 unspecified atom stereocenters. The molecule has 2 rings (SSSR count). The fraction of sp³-hybridized carbons (Fsp3) is 0.611. The molecule has 0 aliphatic heterocycles. The molecule has 0 fully saturated rings. The summed E-state index contributed by atoms with van der Waals surface area (Å²) in [5.74, 6) is 1.10. The Balaban J connectivity index is 1.53. The molecule has 40 heavy (non-hydrogen) atoms. The van der Waals surface area contributed by atoms with Gasteiger partial charge >= 0.3 is 11.9 Å². The van der Waals surface area contributed by atoms with Crippen molar-refractivity contribution in [3.63, 3.8) is 0 Å². The van der Waals surface area contributed by atoms with Gasteiger partial charge in [-0.05, 0) is 47.7 Å². The van der Waals surface area contributed by atoms with E-state index in [0.717, 1.165) is 30.4 Å². The highest BCUT2D eigenvalue weighted by Crippen LogP contribution is 2.25. The van der Waals surface area contributed by atoms with Crippen molar-refractivity contribution >= 4 is 11.9 Å². The Hall–Kier alpha value is -2.62. The highest BCUT2D eigenvalue weighted by Gasteiger charge is 2.10. The quantitative estimate of drug-likeness (QED) is 0.0831. The first kappa shape index (κ1) is 33.6. The van der Waals surface area contributed by atoms with Crippen LogP contribution in [0.5, 0.6) is 11.5 Å². The maximum absolute atomic E-state index is 12.2. The Kier molecular flexibility index (Phi) is 17.8. The maximum atomic E-state index is 12.2. The van der Waals surface area contributed by atoms with Crippen molar-refractivity contribution in [2.45, 2.75) is 136 Å². The molecule has 0 N–H and O–H groups in total. The van der Waals surface area contributed by atoms with Gasteiger partial charge < -0.3 is 9.47 Å². The Morgan fingerprint density at radius 2 is 0.925 bits per heavy atom. The van der Waals surface area contributed by atoms with Crippen LogP contribution in [0.4, 0.5) is 0 Å². The largest absolute Gasteiger partial charge is 0.427 e. The molecule has 4 heteroatoms. The zero-order valence-electron chi connectivity index (χ0n) is 25.6. The average Bonchev–Trinajstić information content (AvgIpc) is 2.96. The van der Waals surface area contributed by atoms with Crippen molar-refractivity contribution in [3.05, 3.63) is 48.5 Å². The van der Waals surface area contributed by atoms with E-state index in [1.165, 1.54) is 83.5 Å².